The molecule has 1 atom stereocenters. The van der Waals surface area contributed by atoms with Gasteiger partial charge in [-0.1, -0.05) is 13.8 Å². The zero-order valence-corrected chi connectivity index (χ0v) is 8.41. The van der Waals surface area contributed by atoms with Gasteiger partial charge in [0.05, 0.1) is 0 Å². The molecule has 0 saturated carbocycles. The first kappa shape index (κ1) is 10.0. The van der Waals surface area contributed by atoms with Crippen LogP contribution in [0.3, 0.4) is 0 Å². The van der Waals surface area contributed by atoms with Crippen molar-refractivity contribution >= 4 is 6.29 Å². The lowest BCUT2D eigenvalue weighted by Gasteiger charge is -2.11. The highest BCUT2D eigenvalue weighted by atomic mass is 16.3. The van der Waals surface area contributed by atoms with Crippen LogP contribution in [-0.2, 0) is 11.2 Å². The molecule has 2 nitrogen and oxygen atoms in total. The van der Waals surface area contributed by atoms with Crippen molar-refractivity contribution in [3.05, 3.63) is 23.7 Å². The van der Waals surface area contributed by atoms with E-state index in [1.807, 2.05) is 19.1 Å². The van der Waals surface area contributed by atoms with Crippen LogP contribution in [0.1, 0.15) is 25.4 Å². The van der Waals surface area contributed by atoms with Gasteiger partial charge in [-0.05, 0) is 25.0 Å². The molecule has 0 amide bonds. The van der Waals surface area contributed by atoms with Crippen LogP contribution in [-0.4, -0.2) is 6.29 Å². The summed E-state index contributed by atoms with van der Waals surface area (Å²) in [6, 6.07) is 3.87. The SMILES string of the molecule is Cc1ccc(CC(C=O)C(C)C)o1. The summed E-state index contributed by atoms with van der Waals surface area (Å²) in [7, 11) is 0. The lowest BCUT2D eigenvalue weighted by Crippen LogP contribution is -2.12. The van der Waals surface area contributed by atoms with Gasteiger partial charge in [0.15, 0.2) is 0 Å². The van der Waals surface area contributed by atoms with Crippen molar-refractivity contribution in [2.24, 2.45) is 11.8 Å². The predicted molar refractivity (Wildman–Crippen MR) is 51.5 cm³/mol. The molecular weight excluding hydrogens is 164 g/mol. The number of furan rings is 1. The maximum absolute atomic E-state index is 10.7. The molecular formula is C11H16O2. The predicted octanol–water partition coefficient (Wildman–Crippen LogP) is 2.60. The summed E-state index contributed by atoms with van der Waals surface area (Å²) in [5, 5.41) is 0. The van der Waals surface area contributed by atoms with Crippen molar-refractivity contribution < 1.29 is 9.21 Å². The Morgan fingerprint density at radius 1 is 1.46 bits per heavy atom. The Kier molecular flexibility index (Phi) is 3.29. The van der Waals surface area contributed by atoms with Crippen LogP contribution in [0.2, 0.25) is 0 Å². The number of hydrogen-bond donors (Lipinski definition) is 0. The van der Waals surface area contributed by atoms with Crippen LogP contribution in [0.4, 0.5) is 0 Å². The normalized spacial score (nSPS) is 13.2. The minimum Gasteiger partial charge on any atom is -0.466 e. The zero-order valence-electron chi connectivity index (χ0n) is 8.41. The third-order valence-corrected chi connectivity index (χ3v) is 2.26. The highest BCUT2D eigenvalue weighted by Gasteiger charge is 2.14. The molecule has 72 valence electrons. The summed E-state index contributed by atoms with van der Waals surface area (Å²) in [6.07, 6.45) is 1.73. The molecule has 0 aromatic carbocycles. The lowest BCUT2D eigenvalue weighted by molar-refractivity contribution is -0.112. The molecule has 0 radical (unpaired) electrons. The first-order chi connectivity index (χ1) is 6.13. The minimum atomic E-state index is 0.0746. The molecule has 0 spiro atoms. The third-order valence-electron chi connectivity index (χ3n) is 2.26. The Labute approximate surface area is 78.9 Å². The second kappa shape index (κ2) is 4.26. The molecule has 0 aliphatic rings. The number of aldehydes is 1. The highest BCUT2D eigenvalue weighted by molar-refractivity contribution is 5.54. The lowest BCUT2D eigenvalue weighted by atomic mass is 9.93. The quantitative estimate of drug-likeness (QED) is 0.667. The first-order valence-corrected chi connectivity index (χ1v) is 4.64. The topological polar surface area (TPSA) is 30.2 Å². The average Bonchev–Trinajstić information content (AvgIpc) is 2.46. The second-order valence-corrected chi connectivity index (χ2v) is 3.76. The molecule has 0 bridgehead atoms. The van der Waals surface area contributed by atoms with E-state index in [2.05, 4.69) is 13.8 Å². The molecule has 1 aromatic heterocycles. The second-order valence-electron chi connectivity index (χ2n) is 3.76. The minimum absolute atomic E-state index is 0.0746. The standard InChI is InChI=1S/C11H16O2/c1-8(2)10(7-12)6-11-5-4-9(3)13-11/h4-5,7-8,10H,6H2,1-3H3. The Hall–Kier alpha value is -1.05. The molecule has 0 fully saturated rings. The molecule has 1 heterocycles. The average molecular weight is 180 g/mol. The molecule has 1 aromatic rings. The van der Waals surface area contributed by atoms with Gasteiger partial charge < -0.3 is 9.21 Å². The fourth-order valence-electron chi connectivity index (χ4n) is 1.27. The van der Waals surface area contributed by atoms with Crippen molar-refractivity contribution in [1.29, 1.82) is 0 Å². The fourth-order valence-corrected chi connectivity index (χ4v) is 1.27. The Morgan fingerprint density at radius 2 is 2.15 bits per heavy atom. The van der Waals surface area contributed by atoms with Gasteiger partial charge in [-0.3, -0.25) is 0 Å². The van der Waals surface area contributed by atoms with Gasteiger partial charge in [0.25, 0.3) is 0 Å². The van der Waals surface area contributed by atoms with Crippen LogP contribution >= 0.6 is 0 Å². The van der Waals surface area contributed by atoms with Gasteiger partial charge in [-0.15, -0.1) is 0 Å². The van der Waals surface area contributed by atoms with E-state index in [9.17, 15) is 4.79 Å². The number of rotatable bonds is 4. The first-order valence-electron chi connectivity index (χ1n) is 4.64. The number of aryl methyl sites for hydroxylation is 1. The molecule has 13 heavy (non-hydrogen) atoms. The van der Waals surface area contributed by atoms with E-state index in [4.69, 9.17) is 4.42 Å². The molecule has 1 unspecified atom stereocenters. The van der Waals surface area contributed by atoms with Crippen LogP contribution in [0.5, 0.6) is 0 Å². The summed E-state index contributed by atoms with van der Waals surface area (Å²) >= 11 is 0. The summed E-state index contributed by atoms with van der Waals surface area (Å²) in [5.74, 6) is 2.26. The van der Waals surface area contributed by atoms with E-state index in [1.165, 1.54) is 0 Å². The van der Waals surface area contributed by atoms with Crippen LogP contribution in [0, 0.1) is 18.8 Å². The van der Waals surface area contributed by atoms with E-state index >= 15 is 0 Å². The van der Waals surface area contributed by atoms with Gasteiger partial charge in [-0.25, -0.2) is 0 Å². The van der Waals surface area contributed by atoms with E-state index in [-0.39, 0.29) is 5.92 Å². The summed E-state index contributed by atoms with van der Waals surface area (Å²) < 4.78 is 5.41. The Balaban J connectivity index is 2.61. The number of carbonyl (C=O) groups is 1. The van der Waals surface area contributed by atoms with Crippen molar-refractivity contribution in [2.75, 3.05) is 0 Å². The molecule has 0 saturated heterocycles. The van der Waals surface area contributed by atoms with Crippen molar-refractivity contribution in [1.82, 2.24) is 0 Å². The summed E-state index contributed by atoms with van der Waals surface area (Å²) in [6.45, 7) is 6.01. The Morgan fingerprint density at radius 3 is 2.54 bits per heavy atom. The van der Waals surface area contributed by atoms with Gasteiger partial charge >= 0.3 is 0 Å². The maximum Gasteiger partial charge on any atom is 0.123 e. The molecule has 0 N–H and O–H groups in total. The Bertz CT molecular complexity index is 273. The van der Waals surface area contributed by atoms with Gasteiger partial charge in [0.2, 0.25) is 0 Å². The molecule has 1 rings (SSSR count). The van der Waals surface area contributed by atoms with Crippen molar-refractivity contribution in [3.8, 4) is 0 Å². The van der Waals surface area contributed by atoms with E-state index < -0.39 is 0 Å². The summed E-state index contributed by atoms with van der Waals surface area (Å²) in [5.41, 5.74) is 0. The smallest absolute Gasteiger partial charge is 0.123 e. The largest absolute Gasteiger partial charge is 0.466 e. The zero-order chi connectivity index (χ0) is 9.84. The van der Waals surface area contributed by atoms with Gasteiger partial charge in [-0.2, -0.15) is 0 Å². The highest BCUT2D eigenvalue weighted by Crippen LogP contribution is 2.16. The van der Waals surface area contributed by atoms with E-state index in [0.29, 0.717) is 5.92 Å². The molecule has 2 heteroatoms. The van der Waals surface area contributed by atoms with Gasteiger partial charge in [0.1, 0.15) is 17.8 Å². The summed E-state index contributed by atoms with van der Waals surface area (Å²) in [4.78, 5) is 10.7. The number of carbonyl (C=O) groups excluding carboxylic acids is 1. The number of hydrogen-bond acceptors (Lipinski definition) is 2. The van der Waals surface area contributed by atoms with E-state index in [0.717, 1.165) is 24.2 Å². The van der Waals surface area contributed by atoms with Crippen LogP contribution in [0.25, 0.3) is 0 Å². The monoisotopic (exact) mass is 180 g/mol. The van der Waals surface area contributed by atoms with Crippen LogP contribution < -0.4 is 0 Å². The van der Waals surface area contributed by atoms with Crippen molar-refractivity contribution in [2.45, 2.75) is 27.2 Å². The third kappa shape index (κ3) is 2.72. The van der Waals surface area contributed by atoms with Crippen molar-refractivity contribution in [3.63, 3.8) is 0 Å². The maximum atomic E-state index is 10.7. The van der Waals surface area contributed by atoms with E-state index in [1.54, 1.807) is 0 Å². The molecule has 0 aliphatic heterocycles. The van der Waals surface area contributed by atoms with Gasteiger partial charge in [0, 0.05) is 12.3 Å². The molecule has 0 aliphatic carbocycles. The van der Waals surface area contributed by atoms with Crippen LogP contribution in [0.15, 0.2) is 16.5 Å². The fraction of sp³-hybridized carbons (Fsp3) is 0.545.